The molecule has 1 aliphatic carbocycles. The number of fused-ring (bicyclic) bond motifs is 2. The van der Waals surface area contributed by atoms with E-state index in [4.69, 9.17) is 0 Å². The summed E-state index contributed by atoms with van der Waals surface area (Å²) in [6.07, 6.45) is 7.17. The van der Waals surface area contributed by atoms with Gasteiger partial charge in [0.05, 0.1) is 0 Å². The standard InChI is InChI=1S/C16H24N4O.ClH/c1-10-8-11-4-2-3-5-14(11)20(10)16(21)15-12-9-17-7-6-13(12)18-19-15;/h10-11,14,17H,2-9H2,1H3,(H,18,19);1H. The Kier molecular flexibility index (Phi) is 4.46. The van der Waals surface area contributed by atoms with Crippen molar-refractivity contribution in [2.75, 3.05) is 6.54 Å². The van der Waals surface area contributed by atoms with Crippen LogP contribution in [0.25, 0.3) is 0 Å². The first-order chi connectivity index (χ1) is 10.3. The number of H-pyrrole nitrogens is 1. The van der Waals surface area contributed by atoms with Crippen molar-refractivity contribution in [2.24, 2.45) is 5.92 Å². The monoisotopic (exact) mass is 324 g/mol. The third-order valence-electron chi connectivity index (χ3n) is 5.59. The lowest BCUT2D eigenvalue weighted by Crippen LogP contribution is -2.43. The van der Waals surface area contributed by atoms with Gasteiger partial charge in [0, 0.05) is 42.9 Å². The van der Waals surface area contributed by atoms with Crippen molar-refractivity contribution in [2.45, 2.75) is 64.1 Å². The van der Waals surface area contributed by atoms with Gasteiger partial charge >= 0.3 is 0 Å². The molecule has 5 nitrogen and oxygen atoms in total. The highest BCUT2D eigenvalue weighted by Gasteiger charge is 2.43. The third kappa shape index (κ3) is 2.44. The largest absolute Gasteiger partial charge is 0.331 e. The molecule has 1 aromatic rings. The Bertz CT molecular complexity index is 558. The van der Waals surface area contributed by atoms with Crippen LogP contribution >= 0.6 is 12.4 Å². The van der Waals surface area contributed by atoms with Gasteiger partial charge in [-0.1, -0.05) is 12.8 Å². The molecule has 1 amide bonds. The van der Waals surface area contributed by atoms with Crippen LogP contribution in [0.15, 0.2) is 0 Å². The fourth-order valence-electron chi connectivity index (χ4n) is 4.58. The summed E-state index contributed by atoms with van der Waals surface area (Å²) in [6.45, 7) is 3.93. The SMILES string of the molecule is CC1CC2CCCCC2N1C(=O)c1n[nH]c2c1CNCC2.Cl. The quantitative estimate of drug-likeness (QED) is 0.833. The Morgan fingerprint density at radius 2 is 2.14 bits per heavy atom. The van der Waals surface area contributed by atoms with Gasteiger partial charge < -0.3 is 10.2 Å². The van der Waals surface area contributed by atoms with Gasteiger partial charge in [-0.05, 0) is 32.1 Å². The molecule has 6 heteroatoms. The van der Waals surface area contributed by atoms with E-state index in [9.17, 15) is 4.79 Å². The molecule has 22 heavy (non-hydrogen) atoms. The lowest BCUT2D eigenvalue weighted by Gasteiger charge is -2.33. The van der Waals surface area contributed by atoms with Crippen molar-refractivity contribution in [3.63, 3.8) is 0 Å². The lowest BCUT2D eigenvalue weighted by molar-refractivity contribution is 0.0626. The maximum absolute atomic E-state index is 13.1. The molecule has 122 valence electrons. The van der Waals surface area contributed by atoms with Crippen molar-refractivity contribution >= 4 is 18.3 Å². The number of aromatic amines is 1. The van der Waals surface area contributed by atoms with Gasteiger partial charge in [0.2, 0.25) is 0 Å². The second-order valence-corrected chi connectivity index (χ2v) is 6.87. The Hall–Kier alpha value is -1.07. The van der Waals surface area contributed by atoms with Crippen LogP contribution in [0.1, 0.15) is 60.8 Å². The number of carbonyl (C=O) groups is 1. The first-order valence-corrected chi connectivity index (χ1v) is 8.35. The van der Waals surface area contributed by atoms with Gasteiger partial charge in [-0.2, -0.15) is 5.10 Å². The molecule has 3 unspecified atom stereocenters. The number of halogens is 1. The third-order valence-corrected chi connectivity index (χ3v) is 5.59. The number of nitrogens with one attached hydrogen (secondary N) is 2. The summed E-state index contributed by atoms with van der Waals surface area (Å²) in [5, 5.41) is 10.8. The van der Waals surface area contributed by atoms with Crippen molar-refractivity contribution in [1.29, 1.82) is 0 Å². The summed E-state index contributed by atoms with van der Waals surface area (Å²) in [7, 11) is 0. The van der Waals surface area contributed by atoms with Crippen LogP contribution in [0, 0.1) is 5.92 Å². The molecular weight excluding hydrogens is 300 g/mol. The van der Waals surface area contributed by atoms with Crippen molar-refractivity contribution in [3.05, 3.63) is 17.0 Å². The van der Waals surface area contributed by atoms with Gasteiger partial charge in [0.1, 0.15) is 0 Å². The minimum Gasteiger partial charge on any atom is -0.331 e. The molecule has 2 fully saturated rings. The van der Waals surface area contributed by atoms with Crippen molar-refractivity contribution in [1.82, 2.24) is 20.4 Å². The van der Waals surface area contributed by atoms with E-state index in [1.165, 1.54) is 32.1 Å². The average molecular weight is 325 g/mol. The molecule has 0 bridgehead atoms. The van der Waals surface area contributed by atoms with Crippen molar-refractivity contribution in [3.8, 4) is 0 Å². The second-order valence-electron chi connectivity index (χ2n) is 6.87. The van der Waals surface area contributed by atoms with Gasteiger partial charge in [0.25, 0.3) is 5.91 Å². The smallest absolute Gasteiger partial charge is 0.275 e. The number of hydrogen-bond donors (Lipinski definition) is 2. The molecule has 0 spiro atoms. The van der Waals surface area contributed by atoms with Gasteiger partial charge in [-0.15, -0.1) is 12.4 Å². The fourth-order valence-corrected chi connectivity index (χ4v) is 4.58. The van der Waals surface area contributed by atoms with Crippen LogP contribution in [0.4, 0.5) is 0 Å². The number of nitrogens with zero attached hydrogens (tertiary/aromatic N) is 2. The predicted octanol–water partition coefficient (Wildman–Crippen LogP) is 2.27. The summed E-state index contributed by atoms with van der Waals surface area (Å²) < 4.78 is 0. The Morgan fingerprint density at radius 3 is 3.00 bits per heavy atom. The molecule has 3 atom stereocenters. The maximum atomic E-state index is 13.1. The van der Waals surface area contributed by atoms with Crippen LogP contribution < -0.4 is 5.32 Å². The topological polar surface area (TPSA) is 61.0 Å². The Morgan fingerprint density at radius 1 is 1.32 bits per heavy atom. The van der Waals surface area contributed by atoms with Crippen LogP contribution in [-0.4, -0.2) is 39.6 Å². The van der Waals surface area contributed by atoms with E-state index >= 15 is 0 Å². The molecule has 4 rings (SSSR count). The average Bonchev–Trinajstić information content (AvgIpc) is 3.06. The fraction of sp³-hybridized carbons (Fsp3) is 0.750. The molecule has 1 aromatic heterocycles. The Labute approximate surface area is 137 Å². The molecule has 0 aromatic carbocycles. The highest BCUT2D eigenvalue weighted by molar-refractivity contribution is 5.94. The zero-order valence-corrected chi connectivity index (χ0v) is 13.9. The van der Waals surface area contributed by atoms with Crippen LogP contribution in [0.2, 0.25) is 0 Å². The van der Waals surface area contributed by atoms with Gasteiger partial charge in [-0.3, -0.25) is 9.89 Å². The van der Waals surface area contributed by atoms with Gasteiger partial charge in [-0.25, -0.2) is 0 Å². The number of likely N-dealkylation sites (tertiary alicyclic amines) is 1. The molecule has 1 saturated carbocycles. The number of carbonyl (C=O) groups excluding carboxylic acids is 1. The van der Waals surface area contributed by atoms with E-state index in [0.717, 1.165) is 30.8 Å². The van der Waals surface area contributed by atoms with E-state index in [1.807, 2.05) is 0 Å². The molecule has 3 aliphatic rings. The molecule has 1 saturated heterocycles. The maximum Gasteiger partial charge on any atom is 0.275 e. The lowest BCUT2D eigenvalue weighted by atomic mass is 9.85. The number of amides is 1. The molecule has 2 aliphatic heterocycles. The molecule has 0 radical (unpaired) electrons. The first kappa shape index (κ1) is 15.8. The first-order valence-electron chi connectivity index (χ1n) is 8.35. The van der Waals surface area contributed by atoms with E-state index in [1.54, 1.807) is 0 Å². The highest BCUT2D eigenvalue weighted by Crippen LogP contribution is 2.40. The Balaban J connectivity index is 0.00000144. The van der Waals surface area contributed by atoms with E-state index < -0.39 is 0 Å². The number of aromatic nitrogens is 2. The van der Waals surface area contributed by atoms with Gasteiger partial charge in [0.15, 0.2) is 5.69 Å². The summed E-state index contributed by atoms with van der Waals surface area (Å²) in [6, 6.07) is 0.805. The molecule has 3 heterocycles. The number of hydrogen-bond acceptors (Lipinski definition) is 3. The van der Waals surface area contributed by atoms with Crippen molar-refractivity contribution < 1.29 is 4.79 Å². The minimum atomic E-state index is 0. The van der Waals surface area contributed by atoms with E-state index in [2.05, 4.69) is 27.3 Å². The zero-order chi connectivity index (χ0) is 14.4. The van der Waals surface area contributed by atoms with Crippen LogP contribution in [0.5, 0.6) is 0 Å². The summed E-state index contributed by atoms with van der Waals surface area (Å²) in [5.74, 6) is 0.865. The summed E-state index contributed by atoms with van der Waals surface area (Å²) in [5.41, 5.74) is 2.90. The van der Waals surface area contributed by atoms with Crippen LogP contribution in [0.3, 0.4) is 0 Å². The van der Waals surface area contributed by atoms with E-state index in [0.29, 0.717) is 23.7 Å². The summed E-state index contributed by atoms with van der Waals surface area (Å²) >= 11 is 0. The highest BCUT2D eigenvalue weighted by atomic mass is 35.5. The molecule has 2 N–H and O–H groups in total. The molecular formula is C16H25ClN4O. The summed E-state index contributed by atoms with van der Waals surface area (Å²) in [4.78, 5) is 15.2. The zero-order valence-electron chi connectivity index (χ0n) is 13.1. The second kappa shape index (κ2) is 6.20. The minimum absolute atomic E-state index is 0. The van der Waals surface area contributed by atoms with Crippen LogP contribution in [-0.2, 0) is 13.0 Å². The predicted molar refractivity (Wildman–Crippen MR) is 87.2 cm³/mol. The number of rotatable bonds is 1. The van der Waals surface area contributed by atoms with E-state index in [-0.39, 0.29) is 18.3 Å². The normalized spacial score (nSPS) is 30.4.